The lowest BCUT2D eigenvalue weighted by Gasteiger charge is -2.42. The molecule has 1 aromatic rings. The van der Waals surface area contributed by atoms with E-state index in [-0.39, 0.29) is 29.1 Å². The summed E-state index contributed by atoms with van der Waals surface area (Å²) >= 11 is 1.60. The fraction of sp³-hybridized carbons (Fsp3) is 0.500. The van der Waals surface area contributed by atoms with Gasteiger partial charge in [-0.2, -0.15) is 0 Å². The maximum atomic E-state index is 13.2. The number of carbonyl (C=O) groups is 4. The van der Waals surface area contributed by atoms with Crippen LogP contribution in [0, 0.1) is 0 Å². The Labute approximate surface area is 195 Å². The summed E-state index contributed by atoms with van der Waals surface area (Å²) in [5.74, 6) is -0.771. The summed E-state index contributed by atoms with van der Waals surface area (Å²) in [6.07, 6.45) is 0.883. The second-order valence-corrected chi connectivity index (χ2v) is 12.5. The fourth-order valence-electron chi connectivity index (χ4n) is 4.13. The van der Waals surface area contributed by atoms with Gasteiger partial charge in [-0.15, -0.1) is 11.8 Å². The molecule has 3 saturated heterocycles. The molecule has 13 heteroatoms. The topological polar surface area (TPSA) is 136 Å². The van der Waals surface area contributed by atoms with Crippen molar-refractivity contribution in [2.24, 2.45) is 0 Å². The predicted molar refractivity (Wildman–Crippen MR) is 120 cm³/mol. The molecule has 3 heterocycles. The van der Waals surface area contributed by atoms with Crippen molar-refractivity contribution in [1.29, 1.82) is 0 Å². The lowest BCUT2D eigenvalue weighted by molar-refractivity contribution is -0.148. The van der Waals surface area contributed by atoms with Crippen LogP contribution in [0.5, 0.6) is 0 Å². The van der Waals surface area contributed by atoms with E-state index in [0.29, 0.717) is 16.4 Å². The smallest absolute Gasteiger partial charge is 0.340 e. The van der Waals surface area contributed by atoms with Gasteiger partial charge in [0.25, 0.3) is 0 Å². The Morgan fingerprint density at radius 1 is 1.15 bits per heavy atom. The van der Waals surface area contributed by atoms with Gasteiger partial charge in [0, 0.05) is 11.3 Å². The number of urea groups is 2. The minimum atomic E-state index is -3.81. The maximum absolute atomic E-state index is 13.2. The third-order valence-corrected chi connectivity index (χ3v) is 8.38. The molecular weight excluding hydrogens is 470 g/mol. The molecule has 3 aliphatic heterocycles. The summed E-state index contributed by atoms with van der Waals surface area (Å²) in [5, 5.41) is 5.09. The second-order valence-electron chi connectivity index (χ2n) is 8.78. The minimum absolute atomic E-state index is 0.117. The first kappa shape index (κ1) is 23.4. The van der Waals surface area contributed by atoms with E-state index in [2.05, 4.69) is 10.6 Å². The van der Waals surface area contributed by atoms with Crippen LogP contribution in [0.3, 0.4) is 0 Å². The van der Waals surface area contributed by atoms with Crippen molar-refractivity contribution in [3.05, 3.63) is 35.9 Å². The number of nitrogens with one attached hydrogen (secondary N) is 2. The number of rotatable bonds is 5. The number of hydrogen-bond acceptors (Lipinski definition) is 7. The number of nitrogens with zero attached hydrogens (tertiary/aromatic N) is 3. The summed E-state index contributed by atoms with van der Waals surface area (Å²) in [6, 6.07) is 4.66. The highest BCUT2D eigenvalue weighted by Gasteiger charge is 2.56. The zero-order valence-electron chi connectivity index (χ0n) is 18.3. The molecule has 3 fully saturated rings. The SMILES string of the molecule is CC1(C)CN2C(=O)[C@@H](NC(=O)C(NC(=O)N3CCN(S(C)(=O)=O)C3=O)c3ccccc3)C2S1. The van der Waals surface area contributed by atoms with Gasteiger partial charge in [0.15, 0.2) is 0 Å². The van der Waals surface area contributed by atoms with Crippen molar-refractivity contribution in [3.8, 4) is 0 Å². The van der Waals surface area contributed by atoms with Gasteiger partial charge in [0.1, 0.15) is 17.5 Å². The number of benzene rings is 1. The largest absolute Gasteiger partial charge is 0.341 e. The standard InChI is InChI=1S/C20H25N5O6S2/c1-20(2)11-24-16(27)14(17(24)32-20)21-15(26)13(12-7-5-4-6-8-12)22-18(28)23-9-10-25(19(23)29)33(3,30)31/h4-8,13-14,17H,9-11H2,1-3H3,(H,21,26)(H,22,28)/t13?,14-,17?/m1/s1. The Bertz CT molecular complexity index is 1110. The molecule has 4 rings (SSSR count). The maximum Gasteiger partial charge on any atom is 0.341 e. The molecule has 11 nitrogen and oxygen atoms in total. The zero-order chi connectivity index (χ0) is 24.1. The van der Waals surface area contributed by atoms with Crippen LogP contribution in [0.25, 0.3) is 0 Å². The van der Waals surface area contributed by atoms with Crippen LogP contribution in [0.1, 0.15) is 25.5 Å². The molecule has 0 aromatic heterocycles. The van der Waals surface area contributed by atoms with E-state index >= 15 is 0 Å². The van der Waals surface area contributed by atoms with E-state index in [9.17, 15) is 27.6 Å². The monoisotopic (exact) mass is 495 g/mol. The molecule has 0 radical (unpaired) electrons. The van der Waals surface area contributed by atoms with E-state index in [1.165, 1.54) is 0 Å². The summed E-state index contributed by atoms with van der Waals surface area (Å²) in [4.78, 5) is 53.4. The summed E-state index contributed by atoms with van der Waals surface area (Å²) in [6.45, 7) is 4.36. The Morgan fingerprint density at radius 3 is 2.42 bits per heavy atom. The quantitative estimate of drug-likeness (QED) is 0.561. The highest BCUT2D eigenvalue weighted by atomic mass is 32.2. The van der Waals surface area contributed by atoms with Crippen molar-refractivity contribution in [2.75, 3.05) is 25.9 Å². The lowest BCUT2D eigenvalue weighted by atomic mass is 10.0. The van der Waals surface area contributed by atoms with Crippen LogP contribution in [-0.2, 0) is 19.6 Å². The molecule has 1 aromatic carbocycles. The van der Waals surface area contributed by atoms with Crippen LogP contribution in [0.4, 0.5) is 9.59 Å². The van der Waals surface area contributed by atoms with Gasteiger partial charge >= 0.3 is 12.1 Å². The number of fused-ring (bicyclic) bond motifs is 1. The molecule has 6 amide bonds. The first-order chi connectivity index (χ1) is 15.4. The van der Waals surface area contributed by atoms with E-state index in [0.717, 1.165) is 11.2 Å². The van der Waals surface area contributed by atoms with Gasteiger partial charge in [-0.3, -0.25) is 9.59 Å². The van der Waals surface area contributed by atoms with Gasteiger partial charge in [-0.1, -0.05) is 30.3 Å². The number of amides is 6. The fourth-order valence-corrected chi connectivity index (χ4v) is 6.42. The molecule has 178 valence electrons. The molecule has 3 aliphatic rings. The number of sulfonamides is 1. The molecule has 2 unspecified atom stereocenters. The average molecular weight is 496 g/mol. The van der Waals surface area contributed by atoms with E-state index in [1.807, 2.05) is 13.8 Å². The number of β-lactam (4-membered cyclic amide) rings is 1. The number of carbonyl (C=O) groups excluding carboxylic acids is 4. The van der Waals surface area contributed by atoms with Crippen LogP contribution in [0.15, 0.2) is 30.3 Å². The first-order valence-electron chi connectivity index (χ1n) is 10.3. The zero-order valence-corrected chi connectivity index (χ0v) is 20.0. The van der Waals surface area contributed by atoms with E-state index < -0.39 is 40.1 Å². The van der Waals surface area contributed by atoms with E-state index in [4.69, 9.17) is 0 Å². The molecular formula is C20H25N5O6S2. The molecule has 0 bridgehead atoms. The van der Waals surface area contributed by atoms with Crippen LogP contribution < -0.4 is 10.6 Å². The first-order valence-corrected chi connectivity index (χ1v) is 13.1. The van der Waals surface area contributed by atoms with Crippen molar-refractivity contribution >= 4 is 45.7 Å². The van der Waals surface area contributed by atoms with Gasteiger partial charge in [0.2, 0.25) is 21.8 Å². The predicted octanol–water partition coefficient (Wildman–Crippen LogP) is 0.313. The minimum Gasteiger partial charge on any atom is -0.340 e. The molecule has 2 N–H and O–H groups in total. The molecule has 0 aliphatic carbocycles. The van der Waals surface area contributed by atoms with Gasteiger partial charge in [-0.25, -0.2) is 27.2 Å². The Morgan fingerprint density at radius 2 is 1.82 bits per heavy atom. The van der Waals surface area contributed by atoms with Gasteiger partial charge in [-0.05, 0) is 19.4 Å². The molecule has 0 saturated carbocycles. The second kappa shape index (κ2) is 8.20. The molecule has 33 heavy (non-hydrogen) atoms. The summed E-state index contributed by atoms with van der Waals surface area (Å²) < 4.78 is 24.0. The Hall–Kier alpha value is -2.80. The third-order valence-electron chi connectivity index (χ3n) is 5.71. The number of imide groups is 1. The summed E-state index contributed by atoms with van der Waals surface area (Å²) in [7, 11) is -3.81. The molecule has 0 spiro atoms. The van der Waals surface area contributed by atoms with Crippen molar-refractivity contribution in [2.45, 2.75) is 36.1 Å². The van der Waals surface area contributed by atoms with Crippen molar-refractivity contribution < 1.29 is 27.6 Å². The van der Waals surface area contributed by atoms with E-state index in [1.54, 1.807) is 47.0 Å². The van der Waals surface area contributed by atoms with Crippen molar-refractivity contribution in [1.82, 2.24) is 24.7 Å². The molecule has 3 atom stereocenters. The van der Waals surface area contributed by atoms with Gasteiger partial charge < -0.3 is 15.5 Å². The normalized spacial score (nSPS) is 24.9. The number of thioether (sulfide) groups is 1. The lowest BCUT2D eigenvalue weighted by Crippen LogP contribution is -2.68. The number of hydrogen-bond donors (Lipinski definition) is 2. The van der Waals surface area contributed by atoms with Gasteiger partial charge in [0.05, 0.1) is 19.3 Å². The Kier molecular flexibility index (Phi) is 5.81. The van der Waals surface area contributed by atoms with Crippen LogP contribution in [-0.4, -0.2) is 88.5 Å². The van der Waals surface area contributed by atoms with Crippen LogP contribution in [0.2, 0.25) is 0 Å². The third kappa shape index (κ3) is 4.38. The van der Waals surface area contributed by atoms with Crippen LogP contribution >= 0.6 is 11.8 Å². The average Bonchev–Trinajstić information content (AvgIpc) is 3.28. The van der Waals surface area contributed by atoms with Crippen molar-refractivity contribution in [3.63, 3.8) is 0 Å². The highest BCUT2D eigenvalue weighted by Crippen LogP contribution is 2.46. The summed E-state index contributed by atoms with van der Waals surface area (Å²) in [5.41, 5.74) is 0.456. The Balaban J connectivity index is 1.50. The highest BCUT2D eigenvalue weighted by molar-refractivity contribution is 8.01.